The third-order valence-electron chi connectivity index (χ3n) is 5.23. The lowest BCUT2D eigenvalue weighted by atomic mass is 10.1. The Morgan fingerprint density at radius 2 is 1.81 bits per heavy atom. The van der Waals surface area contributed by atoms with Crippen LogP contribution < -0.4 is 4.74 Å². The number of hydrogen-bond acceptors (Lipinski definition) is 3. The zero-order valence-corrected chi connectivity index (χ0v) is 17.4. The first kappa shape index (κ1) is 22.7. The second kappa shape index (κ2) is 8.64. The van der Waals surface area contributed by atoms with E-state index in [9.17, 15) is 18.0 Å². The van der Waals surface area contributed by atoms with Crippen LogP contribution in [0.5, 0.6) is 11.5 Å². The van der Waals surface area contributed by atoms with Crippen molar-refractivity contribution in [1.82, 2.24) is 0 Å². The summed E-state index contributed by atoms with van der Waals surface area (Å²) in [6.07, 6.45) is -5.08. The van der Waals surface area contributed by atoms with Crippen molar-refractivity contribution < 1.29 is 27.4 Å². The first-order chi connectivity index (χ1) is 14.5. The molecule has 2 aromatic carbocycles. The SMILES string of the molecule is [C-]#[N+][C@@H](OC(=O)[C@@H]1[C@H](/C=C(\Cl)C(F)(F)F)C1(C)C)c1cccc(Oc2ccccc2)c1. The van der Waals surface area contributed by atoms with Gasteiger partial charge in [-0.15, -0.1) is 0 Å². The number of alkyl halides is 3. The number of halogens is 4. The van der Waals surface area contributed by atoms with Gasteiger partial charge in [-0.1, -0.05) is 55.8 Å². The van der Waals surface area contributed by atoms with Crippen LogP contribution in [0.1, 0.15) is 25.6 Å². The van der Waals surface area contributed by atoms with E-state index in [1.54, 1.807) is 50.2 Å². The van der Waals surface area contributed by atoms with Gasteiger partial charge >= 0.3 is 18.4 Å². The van der Waals surface area contributed by atoms with Crippen molar-refractivity contribution in [1.29, 1.82) is 0 Å². The van der Waals surface area contributed by atoms with Crippen molar-refractivity contribution in [2.45, 2.75) is 26.3 Å². The summed E-state index contributed by atoms with van der Waals surface area (Å²) in [5.41, 5.74) is -0.358. The molecule has 2 aromatic rings. The van der Waals surface area contributed by atoms with Gasteiger partial charge in [0.2, 0.25) is 0 Å². The van der Waals surface area contributed by atoms with Crippen molar-refractivity contribution in [2.75, 3.05) is 0 Å². The molecule has 1 aliphatic rings. The molecule has 1 fully saturated rings. The molecule has 0 spiro atoms. The number of rotatable bonds is 6. The van der Waals surface area contributed by atoms with E-state index in [2.05, 4.69) is 4.85 Å². The van der Waals surface area contributed by atoms with Gasteiger partial charge in [0.15, 0.2) is 0 Å². The number of carbonyl (C=O) groups excluding carboxylic acids is 1. The third kappa shape index (κ3) is 5.20. The van der Waals surface area contributed by atoms with Crippen LogP contribution in [0.15, 0.2) is 65.7 Å². The molecule has 0 saturated heterocycles. The molecule has 0 heterocycles. The Kier molecular flexibility index (Phi) is 6.33. The zero-order valence-electron chi connectivity index (χ0n) is 16.7. The first-order valence-corrected chi connectivity index (χ1v) is 9.76. The van der Waals surface area contributed by atoms with Gasteiger partial charge in [-0.2, -0.15) is 13.2 Å². The molecule has 0 N–H and O–H groups in total. The molecule has 162 valence electrons. The number of allylic oxidation sites excluding steroid dienone is 2. The van der Waals surface area contributed by atoms with E-state index in [0.717, 1.165) is 6.08 Å². The molecule has 3 atom stereocenters. The highest BCUT2D eigenvalue weighted by Crippen LogP contribution is 2.60. The van der Waals surface area contributed by atoms with Crippen molar-refractivity contribution in [3.05, 3.63) is 82.7 Å². The molecule has 0 bridgehead atoms. The van der Waals surface area contributed by atoms with Crippen LogP contribution in [0, 0.1) is 23.8 Å². The molecular formula is C23H19ClF3NO3. The van der Waals surface area contributed by atoms with Crippen molar-refractivity contribution in [2.24, 2.45) is 17.3 Å². The molecule has 0 unspecified atom stereocenters. The summed E-state index contributed by atoms with van der Waals surface area (Å²) < 4.78 is 49.3. The van der Waals surface area contributed by atoms with E-state index in [1.807, 2.05) is 18.2 Å². The van der Waals surface area contributed by atoms with Gasteiger partial charge < -0.3 is 9.47 Å². The van der Waals surface area contributed by atoms with E-state index < -0.39 is 40.7 Å². The predicted molar refractivity (Wildman–Crippen MR) is 109 cm³/mol. The van der Waals surface area contributed by atoms with Crippen molar-refractivity contribution >= 4 is 17.6 Å². The maximum Gasteiger partial charge on any atom is 0.426 e. The van der Waals surface area contributed by atoms with Crippen LogP contribution in [0.25, 0.3) is 4.85 Å². The molecule has 0 amide bonds. The normalized spacial score (nSPS) is 21.0. The fourth-order valence-corrected chi connectivity index (χ4v) is 3.54. The van der Waals surface area contributed by atoms with Crippen LogP contribution >= 0.6 is 11.6 Å². The maximum atomic E-state index is 12.7. The Labute approximate surface area is 183 Å². The summed E-state index contributed by atoms with van der Waals surface area (Å²) in [7, 11) is 0. The molecule has 3 rings (SSSR count). The summed E-state index contributed by atoms with van der Waals surface area (Å²) in [5.74, 6) is -1.23. The molecule has 8 heteroatoms. The average Bonchev–Trinajstić information content (AvgIpc) is 3.26. The minimum atomic E-state index is -4.67. The quantitative estimate of drug-likeness (QED) is 0.356. The van der Waals surface area contributed by atoms with E-state index in [-0.39, 0.29) is 0 Å². The fraction of sp³-hybridized carbons (Fsp3) is 0.304. The van der Waals surface area contributed by atoms with E-state index >= 15 is 0 Å². The Morgan fingerprint density at radius 3 is 2.42 bits per heavy atom. The molecule has 0 radical (unpaired) electrons. The molecule has 1 saturated carbocycles. The smallest absolute Gasteiger partial charge is 0.426 e. The second-order valence-corrected chi connectivity index (χ2v) is 8.15. The average molecular weight is 450 g/mol. The van der Waals surface area contributed by atoms with Gasteiger partial charge in [-0.05, 0) is 41.7 Å². The molecule has 0 aromatic heterocycles. The number of hydrogen-bond donors (Lipinski definition) is 0. The monoisotopic (exact) mass is 449 g/mol. The minimum absolute atomic E-state index is 0.399. The number of nitrogens with zero attached hydrogens (tertiary/aromatic N) is 1. The molecule has 4 nitrogen and oxygen atoms in total. The van der Waals surface area contributed by atoms with Gasteiger partial charge in [0.25, 0.3) is 0 Å². The van der Waals surface area contributed by atoms with Crippen LogP contribution in [-0.4, -0.2) is 12.1 Å². The number of esters is 1. The summed E-state index contributed by atoms with van der Waals surface area (Å²) in [6, 6.07) is 15.6. The van der Waals surface area contributed by atoms with Crippen LogP contribution in [0.3, 0.4) is 0 Å². The van der Waals surface area contributed by atoms with E-state index in [1.165, 1.54) is 0 Å². The van der Waals surface area contributed by atoms with Gasteiger partial charge in [0, 0.05) is 0 Å². The zero-order chi connectivity index (χ0) is 22.8. The van der Waals surface area contributed by atoms with Crippen LogP contribution in [0.4, 0.5) is 13.2 Å². The van der Waals surface area contributed by atoms with E-state index in [0.29, 0.717) is 17.1 Å². The predicted octanol–water partition coefficient (Wildman–Crippen LogP) is 6.90. The van der Waals surface area contributed by atoms with Crippen LogP contribution in [-0.2, 0) is 9.53 Å². The summed E-state index contributed by atoms with van der Waals surface area (Å²) in [5, 5.41) is -1.27. The van der Waals surface area contributed by atoms with Crippen LogP contribution in [0.2, 0.25) is 0 Å². The largest absolute Gasteiger partial charge is 0.457 e. The fourth-order valence-electron chi connectivity index (χ4n) is 3.40. The first-order valence-electron chi connectivity index (χ1n) is 9.38. The third-order valence-corrected chi connectivity index (χ3v) is 5.57. The van der Waals surface area contributed by atoms with Gasteiger partial charge in [0.05, 0.1) is 11.5 Å². The molecular weight excluding hydrogens is 431 g/mol. The maximum absolute atomic E-state index is 12.7. The molecule has 0 aliphatic heterocycles. The van der Waals surface area contributed by atoms with Crippen molar-refractivity contribution in [3.63, 3.8) is 0 Å². The standard InChI is InChI=1S/C23H19ClF3NO3/c1-22(2)17(13-18(24)23(25,26)27)19(22)21(29)31-20(28-3)14-8-7-11-16(12-14)30-15-9-5-4-6-10-15/h4-13,17,19-20H,1-2H3/b18-13-/t17-,19-,20-/m0/s1. The lowest BCUT2D eigenvalue weighted by Gasteiger charge is -2.10. The Morgan fingerprint density at radius 1 is 1.16 bits per heavy atom. The summed E-state index contributed by atoms with van der Waals surface area (Å²) in [4.78, 5) is 16.0. The topological polar surface area (TPSA) is 39.9 Å². The highest BCUT2D eigenvalue weighted by Gasteiger charge is 2.62. The Hall–Kier alpha value is -2.98. The van der Waals surface area contributed by atoms with Gasteiger partial charge in [0.1, 0.15) is 16.5 Å². The molecule has 31 heavy (non-hydrogen) atoms. The number of para-hydroxylation sites is 1. The number of carbonyl (C=O) groups is 1. The number of benzene rings is 2. The lowest BCUT2D eigenvalue weighted by Crippen LogP contribution is -2.14. The number of ether oxygens (including phenoxy) is 2. The highest BCUT2D eigenvalue weighted by atomic mass is 35.5. The van der Waals surface area contributed by atoms with Gasteiger partial charge in [-0.25, -0.2) is 6.57 Å². The highest BCUT2D eigenvalue weighted by molar-refractivity contribution is 6.30. The minimum Gasteiger partial charge on any atom is -0.457 e. The van der Waals surface area contributed by atoms with Crippen molar-refractivity contribution in [3.8, 4) is 11.5 Å². The Bertz CT molecular complexity index is 1030. The van der Waals surface area contributed by atoms with E-state index in [4.69, 9.17) is 27.6 Å². The second-order valence-electron chi connectivity index (χ2n) is 7.74. The lowest BCUT2D eigenvalue weighted by molar-refractivity contribution is -0.150. The van der Waals surface area contributed by atoms with Gasteiger partial charge in [-0.3, -0.25) is 9.64 Å². The molecule has 1 aliphatic carbocycles. The Balaban J connectivity index is 1.72. The summed E-state index contributed by atoms with van der Waals surface area (Å²) in [6.45, 7) is 10.7. The summed E-state index contributed by atoms with van der Waals surface area (Å²) >= 11 is 5.32.